The molecular formula is C13H22Cl2N4. The minimum absolute atomic E-state index is 0. The van der Waals surface area contributed by atoms with E-state index in [2.05, 4.69) is 28.2 Å². The van der Waals surface area contributed by atoms with E-state index in [0.717, 1.165) is 44.2 Å². The largest absolute Gasteiger partial charge is 0.354 e. The highest BCUT2D eigenvalue weighted by Crippen LogP contribution is 2.38. The van der Waals surface area contributed by atoms with E-state index >= 15 is 0 Å². The lowest BCUT2D eigenvalue weighted by atomic mass is 10.2. The Hall–Kier alpha value is -0.580. The first-order valence-electron chi connectivity index (χ1n) is 6.70. The number of anilines is 1. The standard InChI is InChI=1S/C13H20N4.2ClH/c1-2-11-9-12(17-7-5-14-6-8-17)16-13(15-11)10-3-4-10;;/h9-10,14H,2-8H2,1H3;2*1H. The van der Waals surface area contributed by atoms with Crippen molar-refractivity contribution in [3.05, 3.63) is 17.6 Å². The molecule has 19 heavy (non-hydrogen) atoms. The molecule has 2 heterocycles. The molecule has 6 heteroatoms. The van der Waals surface area contributed by atoms with Gasteiger partial charge < -0.3 is 10.2 Å². The Morgan fingerprint density at radius 3 is 2.47 bits per heavy atom. The first-order valence-corrected chi connectivity index (χ1v) is 6.70. The summed E-state index contributed by atoms with van der Waals surface area (Å²) in [5, 5.41) is 3.38. The summed E-state index contributed by atoms with van der Waals surface area (Å²) >= 11 is 0. The lowest BCUT2D eigenvalue weighted by Crippen LogP contribution is -2.44. The van der Waals surface area contributed by atoms with Crippen molar-refractivity contribution in [1.29, 1.82) is 0 Å². The van der Waals surface area contributed by atoms with Gasteiger partial charge in [0, 0.05) is 43.9 Å². The molecule has 0 spiro atoms. The molecule has 2 fully saturated rings. The summed E-state index contributed by atoms with van der Waals surface area (Å²) in [6, 6.07) is 2.16. The number of nitrogens with one attached hydrogen (secondary N) is 1. The van der Waals surface area contributed by atoms with Crippen molar-refractivity contribution in [3.8, 4) is 0 Å². The maximum atomic E-state index is 4.75. The lowest BCUT2D eigenvalue weighted by molar-refractivity contribution is 0.583. The Bertz CT molecular complexity index is 404. The van der Waals surface area contributed by atoms with Crippen LogP contribution in [0, 0.1) is 0 Å². The third-order valence-electron chi connectivity index (χ3n) is 3.53. The minimum Gasteiger partial charge on any atom is -0.354 e. The van der Waals surface area contributed by atoms with Crippen LogP contribution in [-0.4, -0.2) is 36.1 Å². The molecule has 1 aliphatic heterocycles. The van der Waals surface area contributed by atoms with Crippen molar-refractivity contribution in [2.45, 2.75) is 32.1 Å². The summed E-state index contributed by atoms with van der Waals surface area (Å²) in [6.07, 6.45) is 3.55. The van der Waals surface area contributed by atoms with Crippen molar-refractivity contribution in [3.63, 3.8) is 0 Å². The summed E-state index contributed by atoms with van der Waals surface area (Å²) in [6.45, 7) is 6.41. The van der Waals surface area contributed by atoms with Gasteiger partial charge in [0.15, 0.2) is 0 Å². The van der Waals surface area contributed by atoms with Gasteiger partial charge in [-0.05, 0) is 19.3 Å². The van der Waals surface area contributed by atoms with Crippen LogP contribution in [0.25, 0.3) is 0 Å². The van der Waals surface area contributed by atoms with Gasteiger partial charge in [0.05, 0.1) is 0 Å². The highest BCUT2D eigenvalue weighted by molar-refractivity contribution is 5.85. The molecule has 108 valence electrons. The smallest absolute Gasteiger partial charge is 0.134 e. The van der Waals surface area contributed by atoms with E-state index < -0.39 is 0 Å². The van der Waals surface area contributed by atoms with Crippen LogP contribution in [-0.2, 0) is 6.42 Å². The Labute approximate surface area is 127 Å². The SMILES string of the molecule is CCc1cc(N2CCNCC2)nc(C2CC2)n1.Cl.Cl. The summed E-state index contributed by atoms with van der Waals surface area (Å²) in [5.41, 5.74) is 1.19. The predicted octanol–water partition coefficient (Wildman–Crippen LogP) is 2.17. The molecule has 0 unspecified atom stereocenters. The minimum atomic E-state index is 0. The molecular weight excluding hydrogens is 283 g/mol. The van der Waals surface area contributed by atoms with E-state index in [1.807, 2.05) is 0 Å². The van der Waals surface area contributed by atoms with Crippen LogP contribution in [0.2, 0.25) is 0 Å². The summed E-state index contributed by atoms with van der Waals surface area (Å²) in [7, 11) is 0. The van der Waals surface area contributed by atoms with Crippen LogP contribution in [0.15, 0.2) is 6.07 Å². The summed E-state index contributed by atoms with van der Waals surface area (Å²) in [5.74, 6) is 2.86. The lowest BCUT2D eigenvalue weighted by Gasteiger charge is -2.28. The maximum Gasteiger partial charge on any atom is 0.134 e. The topological polar surface area (TPSA) is 41.0 Å². The summed E-state index contributed by atoms with van der Waals surface area (Å²) in [4.78, 5) is 11.8. The van der Waals surface area contributed by atoms with E-state index in [0.29, 0.717) is 5.92 Å². The van der Waals surface area contributed by atoms with Crippen molar-refractivity contribution >= 4 is 30.6 Å². The van der Waals surface area contributed by atoms with E-state index in [9.17, 15) is 0 Å². The van der Waals surface area contributed by atoms with Gasteiger partial charge in [0.2, 0.25) is 0 Å². The monoisotopic (exact) mass is 304 g/mol. The van der Waals surface area contributed by atoms with E-state index in [-0.39, 0.29) is 24.8 Å². The fraction of sp³-hybridized carbons (Fsp3) is 0.692. The fourth-order valence-corrected chi connectivity index (χ4v) is 2.26. The molecule has 1 saturated carbocycles. The summed E-state index contributed by atoms with van der Waals surface area (Å²) < 4.78 is 0. The number of rotatable bonds is 3. The Morgan fingerprint density at radius 1 is 1.21 bits per heavy atom. The van der Waals surface area contributed by atoms with Crippen LogP contribution in [0.1, 0.15) is 37.2 Å². The van der Waals surface area contributed by atoms with Crippen molar-refractivity contribution in [2.24, 2.45) is 0 Å². The third-order valence-corrected chi connectivity index (χ3v) is 3.53. The first-order chi connectivity index (χ1) is 8.36. The Morgan fingerprint density at radius 2 is 1.89 bits per heavy atom. The Balaban J connectivity index is 0.000000902. The molecule has 0 amide bonds. The normalized spacial score (nSPS) is 18.5. The molecule has 1 saturated heterocycles. The number of piperazine rings is 1. The first kappa shape index (κ1) is 16.5. The van der Waals surface area contributed by atoms with Gasteiger partial charge in [-0.2, -0.15) is 0 Å². The number of aromatic nitrogens is 2. The maximum absolute atomic E-state index is 4.75. The molecule has 0 aromatic carbocycles. The second-order valence-electron chi connectivity index (χ2n) is 4.94. The molecule has 1 aliphatic carbocycles. The van der Waals surface area contributed by atoms with Crippen molar-refractivity contribution < 1.29 is 0 Å². The van der Waals surface area contributed by atoms with E-state index in [1.54, 1.807) is 0 Å². The highest BCUT2D eigenvalue weighted by Gasteiger charge is 2.27. The molecule has 1 aromatic rings. The molecule has 4 nitrogen and oxygen atoms in total. The zero-order valence-electron chi connectivity index (χ0n) is 11.3. The Kier molecular flexibility index (Phi) is 6.30. The van der Waals surface area contributed by atoms with Crippen molar-refractivity contribution in [1.82, 2.24) is 15.3 Å². The molecule has 2 aliphatic rings. The number of halogens is 2. The van der Waals surface area contributed by atoms with Crippen molar-refractivity contribution in [2.75, 3.05) is 31.1 Å². The second-order valence-corrected chi connectivity index (χ2v) is 4.94. The van der Waals surface area contributed by atoms with Gasteiger partial charge in [-0.25, -0.2) is 9.97 Å². The molecule has 0 radical (unpaired) electrons. The molecule has 1 aromatic heterocycles. The predicted molar refractivity (Wildman–Crippen MR) is 83.0 cm³/mol. The van der Waals surface area contributed by atoms with E-state index in [1.165, 1.54) is 18.5 Å². The molecule has 3 rings (SSSR count). The molecule has 0 bridgehead atoms. The molecule has 0 atom stereocenters. The van der Waals surface area contributed by atoms with Crippen LogP contribution in [0.5, 0.6) is 0 Å². The van der Waals surface area contributed by atoms with Crippen LogP contribution < -0.4 is 10.2 Å². The van der Waals surface area contributed by atoms with Crippen LogP contribution in [0.4, 0.5) is 5.82 Å². The van der Waals surface area contributed by atoms with E-state index in [4.69, 9.17) is 4.98 Å². The van der Waals surface area contributed by atoms with Gasteiger partial charge in [-0.3, -0.25) is 0 Å². The number of nitrogens with zero attached hydrogens (tertiary/aromatic N) is 3. The second kappa shape index (κ2) is 7.27. The number of aryl methyl sites for hydroxylation is 1. The molecule has 1 N–H and O–H groups in total. The van der Waals surface area contributed by atoms with Gasteiger partial charge in [-0.1, -0.05) is 6.92 Å². The van der Waals surface area contributed by atoms with Gasteiger partial charge in [0.25, 0.3) is 0 Å². The zero-order valence-corrected chi connectivity index (χ0v) is 12.9. The van der Waals surface area contributed by atoms with Gasteiger partial charge in [0.1, 0.15) is 11.6 Å². The number of hydrogen-bond donors (Lipinski definition) is 1. The van der Waals surface area contributed by atoms with Gasteiger partial charge >= 0.3 is 0 Å². The van der Waals surface area contributed by atoms with Crippen LogP contribution >= 0.6 is 24.8 Å². The highest BCUT2D eigenvalue weighted by atomic mass is 35.5. The zero-order chi connectivity index (χ0) is 11.7. The average molecular weight is 305 g/mol. The fourth-order valence-electron chi connectivity index (χ4n) is 2.26. The third kappa shape index (κ3) is 3.94. The average Bonchev–Trinajstić information content (AvgIpc) is 3.23. The number of hydrogen-bond acceptors (Lipinski definition) is 4. The van der Waals surface area contributed by atoms with Crippen LogP contribution in [0.3, 0.4) is 0 Å². The van der Waals surface area contributed by atoms with Gasteiger partial charge in [-0.15, -0.1) is 24.8 Å². The quantitative estimate of drug-likeness (QED) is 0.929.